The summed E-state index contributed by atoms with van der Waals surface area (Å²) in [6.07, 6.45) is 0.888. The summed E-state index contributed by atoms with van der Waals surface area (Å²) in [4.78, 5) is 14.2. The maximum absolute atomic E-state index is 12.0. The monoisotopic (exact) mass is 337 g/mol. The SMILES string of the molecule is COCCN(C)CCCNC(=O)Nc1ccccc1OCC(C)C. The molecule has 24 heavy (non-hydrogen) atoms. The molecular weight excluding hydrogens is 306 g/mol. The number of anilines is 1. The van der Waals surface area contributed by atoms with Crippen LogP contribution in [0.1, 0.15) is 20.3 Å². The number of hydrogen-bond donors (Lipinski definition) is 2. The molecule has 0 aliphatic rings. The van der Waals surface area contributed by atoms with Crippen molar-refractivity contribution in [3.8, 4) is 5.75 Å². The lowest BCUT2D eigenvalue weighted by atomic mass is 10.2. The first-order valence-corrected chi connectivity index (χ1v) is 8.47. The van der Waals surface area contributed by atoms with Crippen molar-refractivity contribution in [2.24, 2.45) is 5.92 Å². The third-order valence-corrected chi connectivity index (χ3v) is 3.39. The molecule has 0 saturated heterocycles. The van der Waals surface area contributed by atoms with Crippen molar-refractivity contribution in [2.75, 3.05) is 52.3 Å². The summed E-state index contributed by atoms with van der Waals surface area (Å²) >= 11 is 0. The van der Waals surface area contributed by atoms with Gasteiger partial charge in [-0.2, -0.15) is 0 Å². The van der Waals surface area contributed by atoms with E-state index in [0.29, 0.717) is 30.5 Å². The van der Waals surface area contributed by atoms with Gasteiger partial charge in [-0.15, -0.1) is 0 Å². The Morgan fingerprint density at radius 2 is 2.00 bits per heavy atom. The van der Waals surface area contributed by atoms with Crippen LogP contribution in [0.3, 0.4) is 0 Å². The standard InChI is InChI=1S/C18H31N3O3/c1-15(2)14-24-17-9-6-5-8-16(17)20-18(22)19-10-7-11-21(3)12-13-23-4/h5-6,8-9,15H,7,10-14H2,1-4H3,(H2,19,20,22). The molecule has 0 saturated carbocycles. The molecule has 1 aromatic rings. The molecule has 1 aromatic carbocycles. The number of ether oxygens (including phenoxy) is 2. The van der Waals surface area contributed by atoms with Gasteiger partial charge in [-0.3, -0.25) is 0 Å². The predicted octanol–water partition coefficient (Wildman–Crippen LogP) is 2.81. The summed E-state index contributed by atoms with van der Waals surface area (Å²) in [5.41, 5.74) is 0.688. The predicted molar refractivity (Wildman–Crippen MR) is 97.8 cm³/mol. The fourth-order valence-corrected chi connectivity index (χ4v) is 2.03. The highest BCUT2D eigenvalue weighted by Crippen LogP contribution is 2.24. The highest BCUT2D eigenvalue weighted by atomic mass is 16.5. The van der Waals surface area contributed by atoms with Gasteiger partial charge in [-0.1, -0.05) is 26.0 Å². The second-order valence-electron chi connectivity index (χ2n) is 6.23. The number of para-hydroxylation sites is 2. The Bertz CT molecular complexity index is 480. The van der Waals surface area contributed by atoms with Crippen LogP contribution >= 0.6 is 0 Å². The number of nitrogens with one attached hydrogen (secondary N) is 2. The van der Waals surface area contributed by atoms with E-state index in [2.05, 4.69) is 29.4 Å². The summed E-state index contributed by atoms with van der Waals surface area (Å²) < 4.78 is 10.8. The maximum Gasteiger partial charge on any atom is 0.319 e. The molecule has 0 bridgehead atoms. The number of urea groups is 1. The first-order valence-electron chi connectivity index (χ1n) is 8.47. The number of rotatable bonds is 11. The molecule has 0 atom stereocenters. The Balaban J connectivity index is 2.32. The molecule has 0 unspecified atom stereocenters. The van der Waals surface area contributed by atoms with Gasteiger partial charge in [0.05, 0.1) is 18.9 Å². The Labute approximate surface area is 145 Å². The summed E-state index contributed by atoms with van der Waals surface area (Å²) in [6.45, 7) is 7.95. The zero-order valence-corrected chi connectivity index (χ0v) is 15.3. The van der Waals surface area contributed by atoms with E-state index >= 15 is 0 Å². The molecule has 0 spiro atoms. The van der Waals surface area contributed by atoms with Crippen molar-refractivity contribution in [1.29, 1.82) is 0 Å². The van der Waals surface area contributed by atoms with Crippen LogP contribution in [-0.2, 0) is 4.74 Å². The van der Waals surface area contributed by atoms with Crippen molar-refractivity contribution in [3.05, 3.63) is 24.3 Å². The summed E-state index contributed by atoms with van der Waals surface area (Å²) in [5.74, 6) is 1.13. The fraction of sp³-hybridized carbons (Fsp3) is 0.611. The molecule has 1 rings (SSSR count). The van der Waals surface area contributed by atoms with Crippen LogP contribution in [0, 0.1) is 5.92 Å². The summed E-state index contributed by atoms with van der Waals surface area (Å²) in [5, 5.41) is 5.72. The lowest BCUT2D eigenvalue weighted by Crippen LogP contribution is -2.32. The first-order chi connectivity index (χ1) is 11.5. The lowest BCUT2D eigenvalue weighted by molar-refractivity contribution is 0.160. The van der Waals surface area contributed by atoms with Crippen LogP contribution in [0.25, 0.3) is 0 Å². The number of hydrogen-bond acceptors (Lipinski definition) is 4. The number of amides is 2. The number of benzene rings is 1. The zero-order valence-electron chi connectivity index (χ0n) is 15.3. The minimum absolute atomic E-state index is 0.213. The molecule has 0 aliphatic heterocycles. The Morgan fingerprint density at radius 3 is 2.71 bits per heavy atom. The zero-order chi connectivity index (χ0) is 17.8. The Kier molecular flexibility index (Phi) is 9.88. The number of nitrogens with zero attached hydrogens (tertiary/aromatic N) is 1. The van der Waals surface area contributed by atoms with E-state index in [4.69, 9.17) is 9.47 Å². The highest BCUT2D eigenvalue weighted by Gasteiger charge is 2.08. The van der Waals surface area contributed by atoms with Crippen LogP contribution in [0.4, 0.5) is 10.5 Å². The molecule has 0 aliphatic carbocycles. The molecule has 0 heterocycles. The fourth-order valence-electron chi connectivity index (χ4n) is 2.03. The normalized spacial score (nSPS) is 10.9. The smallest absolute Gasteiger partial charge is 0.319 e. The second-order valence-corrected chi connectivity index (χ2v) is 6.23. The van der Waals surface area contributed by atoms with Crippen molar-refractivity contribution in [2.45, 2.75) is 20.3 Å². The van der Waals surface area contributed by atoms with Gasteiger partial charge in [0.2, 0.25) is 0 Å². The van der Waals surface area contributed by atoms with Gasteiger partial charge < -0.3 is 25.0 Å². The van der Waals surface area contributed by atoms with E-state index in [1.807, 2.05) is 31.3 Å². The van der Waals surface area contributed by atoms with Crippen LogP contribution < -0.4 is 15.4 Å². The number of carbonyl (C=O) groups is 1. The number of carbonyl (C=O) groups excluding carboxylic acids is 1. The third kappa shape index (κ3) is 8.74. The number of methoxy groups -OCH3 is 1. The van der Waals surface area contributed by atoms with Crippen molar-refractivity contribution in [3.63, 3.8) is 0 Å². The molecular formula is C18H31N3O3. The van der Waals surface area contributed by atoms with E-state index in [1.54, 1.807) is 7.11 Å². The largest absolute Gasteiger partial charge is 0.491 e. The average Bonchev–Trinajstić information content (AvgIpc) is 2.56. The van der Waals surface area contributed by atoms with Gasteiger partial charge in [0.15, 0.2) is 0 Å². The van der Waals surface area contributed by atoms with Crippen LogP contribution in [0.2, 0.25) is 0 Å². The molecule has 0 fully saturated rings. The van der Waals surface area contributed by atoms with Crippen LogP contribution in [0.15, 0.2) is 24.3 Å². The van der Waals surface area contributed by atoms with Crippen molar-refractivity contribution >= 4 is 11.7 Å². The number of likely N-dealkylation sites (N-methyl/N-ethyl adjacent to an activating group) is 1. The maximum atomic E-state index is 12.0. The lowest BCUT2D eigenvalue weighted by Gasteiger charge is -2.16. The van der Waals surface area contributed by atoms with E-state index in [1.165, 1.54) is 0 Å². The Hall–Kier alpha value is -1.79. The van der Waals surface area contributed by atoms with Crippen LogP contribution in [-0.4, -0.2) is 57.9 Å². The van der Waals surface area contributed by atoms with Gasteiger partial charge in [0, 0.05) is 20.2 Å². The van der Waals surface area contributed by atoms with E-state index in [-0.39, 0.29) is 6.03 Å². The quantitative estimate of drug-likeness (QED) is 0.610. The van der Waals surface area contributed by atoms with E-state index in [0.717, 1.165) is 26.1 Å². The third-order valence-electron chi connectivity index (χ3n) is 3.39. The van der Waals surface area contributed by atoms with Gasteiger partial charge in [-0.25, -0.2) is 4.79 Å². The molecule has 6 heteroatoms. The molecule has 0 radical (unpaired) electrons. The highest BCUT2D eigenvalue weighted by molar-refractivity contribution is 5.90. The van der Waals surface area contributed by atoms with E-state index < -0.39 is 0 Å². The van der Waals surface area contributed by atoms with Crippen molar-refractivity contribution < 1.29 is 14.3 Å². The molecule has 136 valence electrons. The van der Waals surface area contributed by atoms with Crippen molar-refractivity contribution in [1.82, 2.24) is 10.2 Å². The summed E-state index contributed by atoms with van der Waals surface area (Å²) in [6, 6.07) is 7.27. The van der Waals surface area contributed by atoms with Gasteiger partial charge in [-0.05, 0) is 38.1 Å². The average molecular weight is 337 g/mol. The molecule has 2 amide bonds. The van der Waals surface area contributed by atoms with Gasteiger partial charge >= 0.3 is 6.03 Å². The minimum Gasteiger partial charge on any atom is -0.491 e. The summed E-state index contributed by atoms with van der Waals surface area (Å²) in [7, 11) is 3.74. The molecule has 6 nitrogen and oxygen atoms in total. The van der Waals surface area contributed by atoms with Gasteiger partial charge in [0.25, 0.3) is 0 Å². The molecule has 0 aromatic heterocycles. The minimum atomic E-state index is -0.213. The topological polar surface area (TPSA) is 62.8 Å². The Morgan fingerprint density at radius 1 is 1.25 bits per heavy atom. The van der Waals surface area contributed by atoms with E-state index in [9.17, 15) is 4.79 Å². The first kappa shape index (κ1) is 20.3. The van der Waals surface area contributed by atoms with Gasteiger partial charge in [0.1, 0.15) is 5.75 Å². The molecule has 2 N–H and O–H groups in total. The van der Waals surface area contributed by atoms with Crippen LogP contribution in [0.5, 0.6) is 5.75 Å². The second kappa shape index (κ2) is 11.7.